The molecule has 2 fully saturated rings. The van der Waals surface area contributed by atoms with Crippen molar-refractivity contribution in [2.45, 2.75) is 117 Å². The number of pyridine rings is 1. The molecule has 2 saturated heterocycles. The Hall–Kier alpha value is -4.63. The molecule has 0 radical (unpaired) electrons. The summed E-state index contributed by atoms with van der Waals surface area (Å²) < 4.78 is 32.5. The van der Waals surface area contributed by atoms with Crippen molar-refractivity contribution in [3.63, 3.8) is 0 Å². The number of hydrogen-bond acceptors (Lipinski definition) is 11. The van der Waals surface area contributed by atoms with E-state index < -0.39 is 53.8 Å². The summed E-state index contributed by atoms with van der Waals surface area (Å²) in [6.07, 6.45) is 1.50. The lowest BCUT2D eigenvalue weighted by Gasteiger charge is -2.50. The Labute approximate surface area is 358 Å². The number of rotatable bonds is 13. The van der Waals surface area contributed by atoms with Crippen molar-refractivity contribution < 1.29 is 43.5 Å². The lowest BCUT2D eigenvalue weighted by molar-refractivity contribution is -0.339. The number of aromatic amines is 1. The quantitative estimate of drug-likeness (QED) is 0.0863. The number of hydrogen-bond donors (Lipinski definition) is 4. The van der Waals surface area contributed by atoms with Crippen LogP contribution in [-0.2, 0) is 23.7 Å². The van der Waals surface area contributed by atoms with Crippen LogP contribution >= 0.6 is 0 Å². The Morgan fingerprint density at radius 2 is 1.95 bits per heavy atom. The minimum Gasteiger partial charge on any atom is -0.492 e. The number of allylic oxidation sites excluding steroid dienone is 4. The topological polar surface area (TPSA) is 161 Å². The Kier molecular flexibility index (Phi) is 13.4. The molecule has 12 nitrogen and oxygen atoms in total. The summed E-state index contributed by atoms with van der Waals surface area (Å²) in [5.74, 6) is 12.9. The van der Waals surface area contributed by atoms with Gasteiger partial charge >= 0.3 is 0 Å². The first-order chi connectivity index (χ1) is 29.2. The minimum atomic E-state index is -1.77. The lowest BCUT2D eigenvalue weighted by atomic mass is 9.70. The van der Waals surface area contributed by atoms with Gasteiger partial charge in [0.1, 0.15) is 36.4 Å². The number of aliphatic hydroxyl groups excluding tert-OH is 1. The summed E-state index contributed by atoms with van der Waals surface area (Å²) in [5.41, 5.74) is -0.714. The van der Waals surface area contributed by atoms with Crippen molar-refractivity contribution in [2.75, 3.05) is 26.8 Å². The highest BCUT2D eigenvalue weighted by atomic mass is 16.7. The predicted molar refractivity (Wildman–Crippen MR) is 232 cm³/mol. The number of carbonyl (C=O) groups excluding carboxylic acids is 2. The van der Waals surface area contributed by atoms with Crippen LogP contribution in [0, 0.1) is 46.9 Å². The number of ether oxygens (including phenoxy) is 5. The number of ketones is 2. The maximum absolute atomic E-state index is 15.1. The smallest absolute Gasteiger partial charge is 0.194 e. The molecule has 12 heteroatoms. The number of H-pyrrole nitrogens is 1. The van der Waals surface area contributed by atoms with E-state index in [-0.39, 0.29) is 23.8 Å². The average molecular weight is 834 g/mol. The van der Waals surface area contributed by atoms with Gasteiger partial charge in [0.05, 0.1) is 30.1 Å². The molecule has 324 valence electrons. The van der Waals surface area contributed by atoms with Crippen molar-refractivity contribution in [1.29, 1.82) is 0 Å². The Balaban J connectivity index is 1.27. The van der Waals surface area contributed by atoms with Gasteiger partial charge in [0.25, 0.3) is 0 Å². The normalized spacial score (nSPS) is 32.7. The monoisotopic (exact) mass is 833 g/mol. The van der Waals surface area contributed by atoms with Gasteiger partial charge < -0.3 is 44.2 Å². The second-order valence-electron chi connectivity index (χ2n) is 17.5. The lowest BCUT2D eigenvalue weighted by Crippen LogP contribution is -2.65. The fourth-order valence-electron chi connectivity index (χ4n) is 9.09. The van der Waals surface area contributed by atoms with Crippen LogP contribution in [0.5, 0.6) is 5.75 Å². The first-order valence-electron chi connectivity index (χ1n) is 21.5. The SMILES string of the molecule is CC/C=C1\C2=C(C)C(=O)C[C@@]1(O)C#C/C=C\C#C[C@@H]2OC1OC(C)C(C)(C(=O)c2nccc3c2[nH]c2ccc(OCCNC)cc23)C(O)C1OC1CC(C)C(CC(C)C)CO1. The van der Waals surface area contributed by atoms with Gasteiger partial charge in [0.15, 0.2) is 29.7 Å². The molecule has 2 aliphatic heterocycles. The first kappa shape index (κ1) is 44.4. The van der Waals surface area contributed by atoms with Crippen molar-refractivity contribution in [2.24, 2.45) is 23.2 Å². The summed E-state index contributed by atoms with van der Waals surface area (Å²) in [4.78, 5) is 36.7. The van der Waals surface area contributed by atoms with Crippen LogP contribution < -0.4 is 10.1 Å². The van der Waals surface area contributed by atoms with E-state index in [1.165, 1.54) is 6.08 Å². The third-order valence-electron chi connectivity index (χ3n) is 12.8. The van der Waals surface area contributed by atoms with Gasteiger partial charge in [-0.15, -0.1) is 0 Å². The summed E-state index contributed by atoms with van der Waals surface area (Å²) in [6.45, 7) is 15.2. The fraction of sp³-hybridized carbons (Fsp3) is 0.531. The number of aliphatic hydroxyl groups is 2. The number of likely N-dealkylation sites (N-methyl/N-ethyl adjacent to an activating group) is 1. The highest BCUT2D eigenvalue weighted by Crippen LogP contribution is 2.46. The molecule has 3 aromatic rings. The molecule has 10 atom stereocenters. The van der Waals surface area contributed by atoms with Crippen LogP contribution in [0.2, 0.25) is 0 Å². The van der Waals surface area contributed by atoms with Gasteiger partial charge in [-0.1, -0.05) is 57.5 Å². The zero-order valence-electron chi connectivity index (χ0n) is 36.5. The van der Waals surface area contributed by atoms with Gasteiger partial charge in [-0.2, -0.15) is 0 Å². The number of Topliss-reactive ketones (excluding diaryl/α,β-unsaturated/α-hetero) is 2. The van der Waals surface area contributed by atoms with Crippen LogP contribution in [0.4, 0.5) is 0 Å². The summed E-state index contributed by atoms with van der Waals surface area (Å²) in [5, 5.41) is 29.3. The number of benzene rings is 1. The highest BCUT2D eigenvalue weighted by Gasteiger charge is 2.59. The van der Waals surface area contributed by atoms with E-state index in [2.05, 4.69) is 59.7 Å². The van der Waals surface area contributed by atoms with Gasteiger partial charge in [0.2, 0.25) is 0 Å². The molecular formula is C49H59N3O9. The van der Waals surface area contributed by atoms with E-state index in [1.54, 1.807) is 33.0 Å². The molecule has 8 unspecified atom stereocenters. The van der Waals surface area contributed by atoms with E-state index in [1.807, 2.05) is 44.3 Å². The molecule has 1 aromatic carbocycles. The number of nitrogens with zero attached hydrogens (tertiary/aromatic N) is 1. The average Bonchev–Trinajstić information content (AvgIpc) is 3.60. The summed E-state index contributed by atoms with van der Waals surface area (Å²) >= 11 is 0. The molecule has 0 spiro atoms. The third-order valence-corrected chi connectivity index (χ3v) is 12.8. The van der Waals surface area contributed by atoms with E-state index in [0.29, 0.717) is 72.4 Å². The first-order valence-corrected chi connectivity index (χ1v) is 21.5. The molecule has 2 aliphatic carbocycles. The van der Waals surface area contributed by atoms with Crippen LogP contribution in [0.15, 0.2) is 65.4 Å². The summed E-state index contributed by atoms with van der Waals surface area (Å²) in [6, 6.07) is 7.57. The predicted octanol–water partition coefficient (Wildman–Crippen LogP) is 6.36. The molecule has 61 heavy (non-hydrogen) atoms. The second kappa shape index (κ2) is 18.4. The standard InChI is InChI=1S/C49H59N3O9/c1-9-14-36-41-30(5)38(53)26-49(36,56)19-13-11-10-12-15-39(41)60-47-44(61-40-24-29(4)32(27-58-40)23-28(2)3)46(55)48(7,31(6)59-47)45(54)43-42-34(18-20-51-43)35-25-33(57-22-21-50-8)16-17-37(35)52-42/h10-11,14,16-18,20,25,28-29,31-32,39-40,44,46-47,50,52,55-56H,9,21-24,26-27H2,1-8H3/b11-10-,36-14+/t29?,31?,32?,39-,40?,44?,46?,47?,48?,49-/m0/s1. The molecule has 4 N–H and O–H groups in total. The highest BCUT2D eigenvalue weighted by molar-refractivity contribution is 6.16. The van der Waals surface area contributed by atoms with Crippen molar-refractivity contribution in [1.82, 2.24) is 15.3 Å². The van der Waals surface area contributed by atoms with E-state index in [0.717, 1.165) is 22.7 Å². The molecule has 7 rings (SSSR count). The number of nitrogens with one attached hydrogen (secondary N) is 2. The molecular weight excluding hydrogens is 775 g/mol. The fourth-order valence-corrected chi connectivity index (χ4v) is 9.09. The van der Waals surface area contributed by atoms with E-state index in [9.17, 15) is 15.0 Å². The second-order valence-corrected chi connectivity index (χ2v) is 17.5. The molecule has 2 aromatic heterocycles. The van der Waals surface area contributed by atoms with Crippen LogP contribution in [0.1, 0.15) is 84.6 Å². The Morgan fingerprint density at radius 1 is 1.16 bits per heavy atom. The van der Waals surface area contributed by atoms with Gasteiger partial charge in [-0.3, -0.25) is 14.6 Å². The molecule has 0 saturated carbocycles. The number of fused-ring (bicyclic) bond motifs is 5. The van der Waals surface area contributed by atoms with Gasteiger partial charge in [-0.05, 0) is 106 Å². The third kappa shape index (κ3) is 8.74. The van der Waals surface area contributed by atoms with E-state index >= 15 is 4.79 Å². The van der Waals surface area contributed by atoms with Gasteiger partial charge in [-0.25, -0.2) is 0 Å². The largest absolute Gasteiger partial charge is 0.492 e. The minimum absolute atomic E-state index is 0.141. The van der Waals surface area contributed by atoms with Gasteiger partial charge in [0, 0.05) is 41.0 Å². The molecule has 4 heterocycles. The maximum atomic E-state index is 15.1. The number of carbonyl (C=O) groups is 2. The number of aromatic nitrogens is 2. The maximum Gasteiger partial charge on any atom is 0.194 e. The van der Waals surface area contributed by atoms with E-state index in [4.69, 9.17) is 23.7 Å². The van der Waals surface area contributed by atoms with Crippen molar-refractivity contribution in [3.05, 3.63) is 71.1 Å². The Morgan fingerprint density at radius 3 is 2.69 bits per heavy atom. The van der Waals surface area contributed by atoms with Crippen molar-refractivity contribution >= 4 is 33.4 Å². The summed E-state index contributed by atoms with van der Waals surface area (Å²) in [7, 11) is 1.87. The zero-order valence-corrected chi connectivity index (χ0v) is 36.5. The Bertz CT molecular complexity index is 2370. The van der Waals surface area contributed by atoms with Crippen LogP contribution in [0.25, 0.3) is 21.8 Å². The molecule has 2 bridgehead atoms. The molecule has 0 amide bonds. The van der Waals surface area contributed by atoms with Crippen molar-refractivity contribution in [3.8, 4) is 29.4 Å². The van der Waals surface area contributed by atoms with Crippen LogP contribution in [-0.4, -0.2) is 101 Å². The molecule has 4 aliphatic rings. The van der Waals surface area contributed by atoms with Crippen LogP contribution in [0.3, 0.4) is 0 Å². The zero-order chi connectivity index (χ0) is 43.6.